The lowest BCUT2D eigenvalue weighted by atomic mass is 10.1. The van der Waals surface area contributed by atoms with Gasteiger partial charge in [-0.25, -0.2) is 0 Å². The van der Waals surface area contributed by atoms with Gasteiger partial charge in [0.25, 0.3) is 0 Å². The van der Waals surface area contributed by atoms with Crippen molar-refractivity contribution in [3.63, 3.8) is 0 Å². The van der Waals surface area contributed by atoms with E-state index < -0.39 is 0 Å². The number of nitrogens with zero attached hydrogens (tertiary/aromatic N) is 1. The molecular formula is C15H24N4O2. The third-order valence-electron chi connectivity index (χ3n) is 2.91. The van der Waals surface area contributed by atoms with Gasteiger partial charge < -0.3 is 21.3 Å². The first-order chi connectivity index (χ1) is 10.0. The second-order valence-corrected chi connectivity index (χ2v) is 5.20. The van der Waals surface area contributed by atoms with Crippen LogP contribution in [-0.4, -0.2) is 56.5 Å². The molecule has 4 N–H and O–H groups in total. The Bertz CT molecular complexity index is 448. The van der Waals surface area contributed by atoms with E-state index in [1.807, 2.05) is 49.3 Å². The Morgan fingerprint density at radius 2 is 1.86 bits per heavy atom. The predicted molar refractivity (Wildman–Crippen MR) is 82.7 cm³/mol. The van der Waals surface area contributed by atoms with Gasteiger partial charge in [0, 0.05) is 12.6 Å². The smallest absolute Gasteiger partial charge is 0.239 e. The molecule has 1 atom stereocenters. The highest BCUT2D eigenvalue weighted by Crippen LogP contribution is 2.04. The van der Waals surface area contributed by atoms with Crippen LogP contribution in [0, 0.1) is 0 Å². The first kappa shape index (κ1) is 17.1. The molecule has 0 aliphatic heterocycles. The molecule has 1 unspecified atom stereocenters. The molecule has 6 heteroatoms. The fraction of sp³-hybridized carbons (Fsp3) is 0.467. The number of carbonyl (C=O) groups excluding carboxylic acids is 2. The van der Waals surface area contributed by atoms with Gasteiger partial charge in [-0.15, -0.1) is 0 Å². The zero-order chi connectivity index (χ0) is 15.7. The molecule has 0 spiro atoms. The summed E-state index contributed by atoms with van der Waals surface area (Å²) in [6.07, 6.45) is 0.746. The first-order valence-corrected chi connectivity index (χ1v) is 6.96. The van der Waals surface area contributed by atoms with Crippen molar-refractivity contribution in [3.8, 4) is 0 Å². The van der Waals surface area contributed by atoms with E-state index in [-0.39, 0.29) is 30.9 Å². The lowest BCUT2D eigenvalue weighted by Gasteiger charge is -2.22. The van der Waals surface area contributed by atoms with Crippen LogP contribution in [0.4, 0.5) is 0 Å². The maximum atomic E-state index is 11.9. The minimum atomic E-state index is -0.336. The molecule has 0 aliphatic carbocycles. The van der Waals surface area contributed by atoms with Gasteiger partial charge in [0.2, 0.25) is 11.8 Å². The summed E-state index contributed by atoms with van der Waals surface area (Å²) >= 11 is 0. The fourth-order valence-electron chi connectivity index (χ4n) is 2.03. The van der Waals surface area contributed by atoms with Crippen molar-refractivity contribution in [2.45, 2.75) is 12.5 Å². The molecule has 1 aromatic rings. The molecule has 2 amide bonds. The number of hydrogen-bond acceptors (Lipinski definition) is 4. The van der Waals surface area contributed by atoms with Crippen molar-refractivity contribution in [2.75, 3.05) is 33.7 Å². The molecule has 0 aliphatic rings. The molecule has 0 bridgehead atoms. The van der Waals surface area contributed by atoms with Gasteiger partial charge in [-0.3, -0.25) is 9.59 Å². The van der Waals surface area contributed by atoms with E-state index >= 15 is 0 Å². The van der Waals surface area contributed by atoms with Crippen molar-refractivity contribution >= 4 is 11.8 Å². The number of likely N-dealkylation sites (N-methyl/N-ethyl adjacent to an activating group) is 1. The normalized spacial score (nSPS) is 12.0. The number of benzene rings is 1. The van der Waals surface area contributed by atoms with E-state index in [0.29, 0.717) is 0 Å². The van der Waals surface area contributed by atoms with E-state index in [4.69, 9.17) is 5.73 Å². The largest absolute Gasteiger partial charge is 0.350 e. The molecule has 0 aromatic heterocycles. The molecule has 116 valence electrons. The number of nitrogens with two attached hydrogens (primary N) is 1. The van der Waals surface area contributed by atoms with Crippen LogP contribution in [0.2, 0.25) is 0 Å². The Kier molecular flexibility index (Phi) is 7.42. The van der Waals surface area contributed by atoms with Crippen LogP contribution in [0.3, 0.4) is 0 Å². The van der Waals surface area contributed by atoms with E-state index in [2.05, 4.69) is 10.6 Å². The van der Waals surface area contributed by atoms with Crippen LogP contribution in [0.5, 0.6) is 0 Å². The number of rotatable bonds is 8. The highest BCUT2D eigenvalue weighted by atomic mass is 16.2. The number of carbonyl (C=O) groups is 2. The minimum Gasteiger partial charge on any atom is -0.350 e. The average molecular weight is 292 g/mol. The third kappa shape index (κ3) is 7.43. The number of amides is 2. The number of nitrogens with one attached hydrogen (secondary N) is 2. The molecule has 0 saturated carbocycles. The van der Waals surface area contributed by atoms with Crippen LogP contribution in [0.15, 0.2) is 30.3 Å². The predicted octanol–water partition coefficient (Wildman–Crippen LogP) is -0.650. The van der Waals surface area contributed by atoms with E-state index in [9.17, 15) is 9.59 Å². The topological polar surface area (TPSA) is 87.5 Å². The van der Waals surface area contributed by atoms with Gasteiger partial charge in [0.05, 0.1) is 13.1 Å². The summed E-state index contributed by atoms with van der Waals surface area (Å²) in [5.41, 5.74) is 6.34. The molecule has 1 aromatic carbocycles. The van der Waals surface area contributed by atoms with Crippen LogP contribution in [-0.2, 0) is 16.0 Å². The first-order valence-electron chi connectivity index (χ1n) is 6.96. The molecule has 0 saturated heterocycles. The highest BCUT2D eigenvalue weighted by molar-refractivity contribution is 5.85. The summed E-state index contributed by atoms with van der Waals surface area (Å²) in [6, 6.07) is 9.97. The number of hydrogen-bond donors (Lipinski definition) is 3. The molecule has 0 fully saturated rings. The van der Waals surface area contributed by atoms with E-state index in [1.165, 1.54) is 0 Å². The van der Waals surface area contributed by atoms with Crippen LogP contribution in [0.1, 0.15) is 5.56 Å². The molecule has 6 nitrogen and oxygen atoms in total. The van der Waals surface area contributed by atoms with Crippen molar-refractivity contribution < 1.29 is 9.59 Å². The average Bonchev–Trinajstić information content (AvgIpc) is 2.45. The maximum Gasteiger partial charge on any atom is 0.239 e. The van der Waals surface area contributed by atoms with Gasteiger partial charge in [0.1, 0.15) is 0 Å². The third-order valence-corrected chi connectivity index (χ3v) is 2.91. The van der Waals surface area contributed by atoms with Crippen LogP contribution >= 0.6 is 0 Å². The second-order valence-electron chi connectivity index (χ2n) is 5.20. The van der Waals surface area contributed by atoms with Crippen molar-refractivity contribution in [1.29, 1.82) is 0 Å². The monoisotopic (exact) mass is 292 g/mol. The van der Waals surface area contributed by atoms with E-state index in [1.54, 1.807) is 0 Å². The van der Waals surface area contributed by atoms with Gasteiger partial charge >= 0.3 is 0 Å². The Hall–Kier alpha value is -1.92. The summed E-state index contributed by atoms with van der Waals surface area (Å²) in [5, 5.41) is 5.41. The summed E-state index contributed by atoms with van der Waals surface area (Å²) in [4.78, 5) is 24.9. The Labute approximate surface area is 125 Å². The van der Waals surface area contributed by atoms with Crippen molar-refractivity contribution in [1.82, 2.24) is 15.5 Å². The van der Waals surface area contributed by atoms with Crippen molar-refractivity contribution in [2.24, 2.45) is 5.73 Å². The molecule has 0 heterocycles. The summed E-state index contributed by atoms with van der Waals surface area (Å²) in [5.74, 6) is -0.544. The standard InChI is InChI=1S/C15H24N4O2/c1-19(2)11-13(8-12-6-4-3-5-7-12)18-15(21)10-17-14(20)9-16/h3-7,13H,8-11,16H2,1-2H3,(H,17,20)(H,18,21). The van der Waals surface area contributed by atoms with Gasteiger partial charge in [0.15, 0.2) is 0 Å². The molecular weight excluding hydrogens is 268 g/mol. The second kappa shape index (κ2) is 9.10. The van der Waals surface area contributed by atoms with Gasteiger partial charge in [-0.05, 0) is 26.1 Å². The summed E-state index contributed by atoms with van der Waals surface area (Å²) in [7, 11) is 3.92. The Morgan fingerprint density at radius 3 is 2.43 bits per heavy atom. The summed E-state index contributed by atoms with van der Waals surface area (Å²) in [6.45, 7) is 0.568. The SMILES string of the molecule is CN(C)CC(Cc1ccccc1)NC(=O)CNC(=O)CN. The van der Waals surface area contributed by atoms with Gasteiger partial charge in [-0.2, -0.15) is 0 Å². The van der Waals surface area contributed by atoms with Crippen LogP contribution < -0.4 is 16.4 Å². The molecule has 1 rings (SSSR count). The highest BCUT2D eigenvalue weighted by Gasteiger charge is 2.14. The van der Waals surface area contributed by atoms with Crippen LogP contribution in [0.25, 0.3) is 0 Å². The zero-order valence-electron chi connectivity index (χ0n) is 12.6. The van der Waals surface area contributed by atoms with Gasteiger partial charge in [-0.1, -0.05) is 30.3 Å². The Balaban J connectivity index is 2.53. The quantitative estimate of drug-likeness (QED) is 0.594. The lowest BCUT2D eigenvalue weighted by molar-refractivity contribution is -0.125. The fourth-order valence-corrected chi connectivity index (χ4v) is 2.03. The zero-order valence-corrected chi connectivity index (χ0v) is 12.6. The lowest BCUT2D eigenvalue weighted by Crippen LogP contribution is -2.47. The van der Waals surface area contributed by atoms with E-state index in [0.717, 1.165) is 18.5 Å². The molecule has 21 heavy (non-hydrogen) atoms. The Morgan fingerprint density at radius 1 is 1.19 bits per heavy atom. The molecule has 0 radical (unpaired) electrons. The van der Waals surface area contributed by atoms with Crippen molar-refractivity contribution in [3.05, 3.63) is 35.9 Å². The summed E-state index contributed by atoms with van der Waals surface area (Å²) < 4.78 is 0. The minimum absolute atomic E-state index is 0.00956. The maximum absolute atomic E-state index is 11.9.